The van der Waals surface area contributed by atoms with Gasteiger partial charge in [0.2, 0.25) is 5.89 Å². The van der Waals surface area contributed by atoms with Gasteiger partial charge in [-0.1, -0.05) is 5.16 Å². The third kappa shape index (κ3) is 4.76. The number of carbonyl (C=O) groups is 2. The number of hydrogen-bond acceptors (Lipinski definition) is 8. The third-order valence-electron chi connectivity index (χ3n) is 4.39. The van der Waals surface area contributed by atoms with Crippen molar-refractivity contribution in [2.45, 2.75) is 32.2 Å². The number of carbonyl (C=O) groups excluding carboxylic acids is 2. The Labute approximate surface area is 166 Å². The summed E-state index contributed by atoms with van der Waals surface area (Å²) in [6.07, 6.45) is 1.95. The van der Waals surface area contributed by atoms with Crippen LogP contribution in [0.3, 0.4) is 0 Å². The van der Waals surface area contributed by atoms with E-state index in [2.05, 4.69) is 26.1 Å². The topological polar surface area (TPSA) is 139 Å². The lowest BCUT2D eigenvalue weighted by atomic mass is 9.95. The SMILES string of the molecule is CNC(=O)c1noc(CNC(=O)c2c(C)cc(C3CCCNC3)oc2=O)n1.Cl. The van der Waals surface area contributed by atoms with Crippen molar-refractivity contribution in [3.05, 3.63) is 45.1 Å². The maximum Gasteiger partial charge on any atom is 0.349 e. The summed E-state index contributed by atoms with van der Waals surface area (Å²) in [6.45, 7) is 3.29. The van der Waals surface area contributed by atoms with Gasteiger partial charge in [-0.15, -0.1) is 12.4 Å². The Morgan fingerprint density at radius 1 is 1.36 bits per heavy atom. The summed E-state index contributed by atoms with van der Waals surface area (Å²) < 4.78 is 10.3. The van der Waals surface area contributed by atoms with Gasteiger partial charge >= 0.3 is 5.63 Å². The molecule has 2 amide bonds. The van der Waals surface area contributed by atoms with Crippen LogP contribution in [0.2, 0.25) is 0 Å². The summed E-state index contributed by atoms with van der Waals surface area (Å²) in [5.41, 5.74) is -0.195. The quantitative estimate of drug-likeness (QED) is 0.646. The molecule has 152 valence electrons. The van der Waals surface area contributed by atoms with Crippen LogP contribution in [0.15, 0.2) is 19.8 Å². The molecule has 3 N–H and O–H groups in total. The Kier molecular flexibility index (Phi) is 7.30. The van der Waals surface area contributed by atoms with Crippen LogP contribution in [-0.2, 0) is 6.54 Å². The van der Waals surface area contributed by atoms with Crippen molar-refractivity contribution in [3.8, 4) is 0 Å². The number of aromatic nitrogens is 2. The van der Waals surface area contributed by atoms with Crippen molar-refractivity contribution in [2.75, 3.05) is 20.1 Å². The van der Waals surface area contributed by atoms with Crippen molar-refractivity contribution < 1.29 is 18.5 Å². The Morgan fingerprint density at radius 3 is 2.79 bits per heavy atom. The van der Waals surface area contributed by atoms with Crippen LogP contribution >= 0.6 is 12.4 Å². The zero-order valence-electron chi connectivity index (χ0n) is 15.5. The van der Waals surface area contributed by atoms with Crippen LogP contribution in [0, 0.1) is 6.92 Å². The Hall–Kier alpha value is -2.72. The molecule has 11 heteroatoms. The van der Waals surface area contributed by atoms with Gasteiger partial charge in [-0.25, -0.2) is 4.79 Å². The lowest BCUT2D eigenvalue weighted by Gasteiger charge is -2.22. The molecule has 0 spiro atoms. The molecule has 28 heavy (non-hydrogen) atoms. The van der Waals surface area contributed by atoms with Gasteiger partial charge in [0.1, 0.15) is 11.3 Å². The van der Waals surface area contributed by atoms with E-state index >= 15 is 0 Å². The monoisotopic (exact) mass is 411 g/mol. The molecular formula is C17H22ClN5O5. The van der Waals surface area contributed by atoms with Crippen molar-refractivity contribution in [1.29, 1.82) is 0 Å². The Bertz CT molecular complexity index is 904. The number of amides is 2. The summed E-state index contributed by atoms with van der Waals surface area (Å²) in [7, 11) is 1.44. The van der Waals surface area contributed by atoms with Gasteiger partial charge in [0.05, 0.1) is 6.54 Å². The van der Waals surface area contributed by atoms with Gasteiger partial charge in [0, 0.05) is 19.5 Å². The first-order valence-corrected chi connectivity index (χ1v) is 8.67. The highest BCUT2D eigenvalue weighted by molar-refractivity contribution is 5.95. The number of nitrogens with zero attached hydrogens (tertiary/aromatic N) is 2. The van der Waals surface area contributed by atoms with E-state index in [1.165, 1.54) is 7.05 Å². The average molecular weight is 412 g/mol. The molecule has 0 aliphatic carbocycles. The van der Waals surface area contributed by atoms with Gasteiger partial charge in [-0.3, -0.25) is 9.59 Å². The molecule has 0 saturated carbocycles. The van der Waals surface area contributed by atoms with E-state index in [9.17, 15) is 14.4 Å². The van der Waals surface area contributed by atoms with Crippen molar-refractivity contribution in [2.24, 2.45) is 0 Å². The highest BCUT2D eigenvalue weighted by atomic mass is 35.5. The van der Waals surface area contributed by atoms with Gasteiger partial charge in [-0.05, 0) is 37.9 Å². The fourth-order valence-electron chi connectivity index (χ4n) is 2.98. The maximum atomic E-state index is 12.4. The van der Waals surface area contributed by atoms with Crippen molar-refractivity contribution in [1.82, 2.24) is 26.1 Å². The molecule has 1 aliphatic heterocycles. The minimum absolute atomic E-state index is 0. The maximum absolute atomic E-state index is 12.4. The van der Waals surface area contributed by atoms with Crippen molar-refractivity contribution >= 4 is 24.2 Å². The standard InChI is InChI=1S/C17H21N5O5.ClH/c1-9-6-11(10-4-3-5-19-7-10)26-17(25)13(9)15(23)20-8-12-21-14(22-27-12)16(24)18-2;/h6,10,19H,3-5,7-8H2,1-2H3,(H,18,24)(H,20,23);1H. The first-order valence-electron chi connectivity index (χ1n) is 8.67. The molecular weight excluding hydrogens is 390 g/mol. The number of aryl methyl sites for hydroxylation is 1. The smallest absolute Gasteiger partial charge is 0.349 e. The van der Waals surface area contributed by atoms with Crippen molar-refractivity contribution in [3.63, 3.8) is 0 Å². The van der Waals surface area contributed by atoms with Crippen LogP contribution in [0.1, 0.15) is 57.0 Å². The molecule has 0 radical (unpaired) electrons. The number of halogens is 1. The first kappa shape index (κ1) is 21.6. The summed E-state index contributed by atoms with van der Waals surface area (Å²) in [5, 5.41) is 11.7. The second-order valence-corrected chi connectivity index (χ2v) is 6.31. The summed E-state index contributed by atoms with van der Waals surface area (Å²) in [6, 6.07) is 1.74. The van der Waals surface area contributed by atoms with Crippen LogP contribution in [-0.4, -0.2) is 42.1 Å². The molecule has 10 nitrogen and oxygen atoms in total. The van der Waals surface area contributed by atoms with Gasteiger partial charge < -0.3 is 24.9 Å². The fraction of sp³-hybridized carbons (Fsp3) is 0.471. The molecule has 0 bridgehead atoms. The molecule has 0 aromatic carbocycles. The molecule has 1 unspecified atom stereocenters. The zero-order valence-corrected chi connectivity index (χ0v) is 16.4. The second-order valence-electron chi connectivity index (χ2n) is 6.31. The largest absolute Gasteiger partial charge is 0.427 e. The number of hydrogen-bond donors (Lipinski definition) is 3. The number of piperidine rings is 1. The number of nitrogens with one attached hydrogen (secondary N) is 3. The van der Waals surface area contributed by atoms with E-state index in [-0.39, 0.29) is 42.1 Å². The lowest BCUT2D eigenvalue weighted by molar-refractivity contribution is 0.0935. The first-order chi connectivity index (χ1) is 13.0. The van der Waals surface area contributed by atoms with Crippen LogP contribution < -0.4 is 21.6 Å². The van der Waals surface area contributed by atoms with E-state index in [0.717, 1.165) is 25.9 Å². The predicted molar refractivity (Wildman–Crippen MR) is 101 cm³/mol. The van der Waals surface area contributed by atoms with E-state index in [4.69, 9.17) is 8.94 Å². The normalized spacial score (nSPS) is 16.1. The van der Waals surface area contributed by atoms with Gasteiger partial charge in [0.25, 0.3) is 17.6 Å². The van der Waals surface area contributed by atoms with E-state index < -0.39 is 17.4 Å². The second kappa shape index (κ2) is 9.47. The predicted octanol–water partition coefficient (Wildman–Crippen LogP) is 0.510. The molecule has 2 aromatic rings. The molecule has 3 rings (SSSR count). The summed E-state index contributed by atoms with van der Waals surface area (Å²) in [5.74, 6) is -0.469. The van der Waals surface area contributed by atoms with Gasteiger partial charge in [-0.2, -0.15) is 4.98 Å². The van der Waals surface area contributed by atoms with Gasteiger partial charge in [0.15, 0.2) is 0 Å². The van der Waals surface area contributed by atoms with Crippen LogP contribution in [0.5, 0.6) is 0 Å². The summed E-state index contributed by atoms with van der Waals surface area (Å²) >= 11 is 0. The minimum Gasteiger partial charge on any atom is -0.427 e. The Balaban J connectivity index is 0.00000280. The summed E-state index contributed by atoms with van der Waals surface area (Å²) in [4.78, 5) is 40.0. The van der Waals surface area contributed by atoms with Crippen LogP contribution in [0.25, 0.3) is 0 Å². The average Bonchev–Trinajstić information content (AvgIpc) is 3.15. The Morgan fingerprint density at radius 2 is 2.14 bits per heavy atom. The highest BCUT2D eigenvalue weighted by Crippen LogP contribution is 2.23. The minimum atomic E-state index is -0.676. The van der Waals surface area contributed by atoms with Crippen LogP contribution in [0.4, 0.5) is 0 Å². The highest BCUT2D eigenvalue weighted by Gasteiger charge is 2.23. The molecule has 2 aromatic heterocycles. The molecule has 1 fully saturated rings. The molecule has 3 heterocycles. The van der Waals surface area contributed by atoms with E-state index in [0.29, 0.717) is 11.3 Å². The van der Waals surface area contributed by atoms with E-state index in [1.807, 2.05) is 0 Å². The molecule has 1 saturated heterocycles. The van der Waals surface area contributed by atoms with E-state index in [1.54, 1.807) is 13.0 Å². The fourth-order valence-corrected chi connectivity index (χ4v) is 2.98. The third-order valence-corrected chi connectivity index (χ3v) is 4.39. The molecule has 1 aliphatic rings. The molecule has 1 atom stereocenters. The lowest BCUT2D eigenvalue weighted by Crippen LogP contribution is -2.31. The zero-order chi connectivity index (χ0) is 19.4. The number of rotatable bonds is 5.